The number of anilines is 1. The minimum absolute atomic E-state index is 0.106. The molecule has 0 spiro atoms. The molecule has 1 aliphatic heterocycles. The Hall–Kier alpha value is -3.27. The van der Waals surface area contributed by atoms with Gasteiger partial charge in [-0.1, -0.05) is 6.42 Å². The van der Waals surface area contributed by atoms with Crippen molar-refractivity contribution in [2.75, 3.05) is 4.72 Å². The Bertz CT molecular complexity index is 1250. The molecule has 0 aliphatic carbocycles. The third-order valence-electron chi connectivity index (χ3n) is 5.61. The molecule has 4 rings (SSSR count). The fraction of sp³-hybridized carbons (Fsp3) is 0.333. The van der Waals surface area contributed by atoms with Crippen molar-refractivity contribution < 1.29 is 13.3 Å². The van der Waals surface area contributed by atoms with Crippen molar-refractivity contribution in [3.63, 3.8) is 0 Å². The van der Waals surface area contributed by atoms with Crippen molar-refractivity contribution in [1.82, 2.24) is 14.8 Å². The lowest BCUT2D eigenvalue weighted by Gasteiger charge is -2.13. The highest BCUT2D eigenvalue weighted by Crippen LogP contribution is 2.28. The van der Waals surface area contributed by atoms with Gasteiger partial charge in [0.15, 0.2) is 5.82 Å². The first-order valence-electron chi connectivity index (χ1n) is 10.1. The first-order valence-corrected chi connectivity index (χ1v) is 11.6. The van der Waals surface area contributed by atoms with Gasteiger partial charge in [0.05, 0.1) is 9.82 Å². The highest BCUT2D eigenvalue weighted by molar-refractivity contribution is 7.92. The lowest BCUT2D eigenvalue weighted by molar-refractivity contribution is -0.385. The number of nitro benzene ring substituents is 1. The molecule has 31 heavy (non-hydrogen) atoms. The topological polar surface area (TPSA) is 120 Å². The van der Waals surface area contributed by atoms with E-state index >= 15 is 0 Å². The van der Waals surface area contributed by atoms with Gasteiger partial charge < -0.3 is 4.57 Å². The van der Waals surface area contributed by atoms with Crippen molar-refractivity contribution in [2.45, 2.75) is 51.0 Å². The molecule has 3 aromatic rings. The van der Waals surface area contributed by atoms with E-state index in [1.54, 1.807) is 38.1 Å². The quantitative estimate of drug-likeness (QED) is 0.472. The monoisotopic (exact) mass is 441 g/mol. The Morgan fingerprint density at radius 3 is 2.52 bits per heavy atom. The van der Waals surface area contributed by atoms with Gasteiger partial charge >= 0.3 is 0 Å². The minimum atomic E-state index is -4.00. The SMILES string of the molecule is Cc1cc([N+](=O)[O-])cc(S(=O)(=O)Nc2ccc(-c3nnc4n3CCCCC4)cc2)c1C. The first-order chi connectivity index (χ1) is 14.8. The Morgan fingerprint density at radius 2 is 1.81 bits per heavy atom. The van der Waals surface area contributed by atoms with Gasteiger partial charge in [-0.15, -0.1) is 10.2 Å². The third-order valence-corrected chi connectivity index (χ3v) is 7.12. The molecular weight excluding hydrogens is 418 g/mol. The van der Waals surface area contributed by atoms with Crippen LogP contribution in [0.4, 0.5) is 11.4 Å². The van der Waals surface area contributed by atoms with Gasteiger partial charge in [0.2, 0.25) is 0 Å². The average molecular weight is 442 g/mol. The molecule has 0 fully saturated rings. The van der Waals surface area contributed by atoms with Gasteiger partial charge in [0.25, 0.3) is 15.7 Å². The van der Waals surface area contributed by atoms with E-state index in [9.17, 15) is 18.5 Å². The fourth-order valence-electron chi connectivity index (χ4n) is 3.79. The Labute approximate surface area is 180 Å². The van der Waals surface area contributed by atoms with Crippen LogP contribution >= 0.6 is 0 Å². The molecule has 0 atom stereocenters. The van der Waals surface area contributed by atoms with Crippen LogP contribution in [0.3, 0.4) is 0 Å². The van der Waals surface area contributed by atoms with E-state index in [1.807, 2.05) is 0 Å². The lowest BCUT2D eigenvalue weighted by atomic mass is 10.1. The molecule has 0 amide bonds. The molecule has 1 aliphatic rings. The summed E-state index contributed by atoms with van der Waals surface area (Å²) < 4.78 is 30.5. The number of fused-ring (bicyclic) bond motifs is 1. The summed E-state index contributed by atoms with van der Waals surface area (Å²) in [6.07, 6.45) is 4.26. The second-order valence-corrected chi connectivity index (χ2v) is 9.38. The van der Waals surface area contributed by atoms with Crippen molar-refractivity contribution in [3.8, 4) is 11.4 Å². The summed E-state index contributed by atoms with van der Waals surface area (Å²) in [4.78, 5) is 10.5. The van der Waals surface area contributed by atoms with E-state index in [0.717, 1.165) is 49.1 Å². The zero-order valence-corrected chi connectivity index (χ0v) is 18.1. The second kappa shape index (κ2) is 8.10. The zero-order valence-electron chi connectivity index (χ0n) is 17.3. The van der Waals surface area contributed by atoms with E-state index in [-0.39, 0.29) is 10.6 Å². The summed E-state index contributed by atoms with van der Waals surface area (Å²) in [6, 6.07) is 9.36. The predicted molar refractivity (Wildman–Crippen MR) is 116 cm³/mol. The van der Waals surface area contributed by atoms with Crippen LogP contribution < -0.4 is 4.72 Å². The molecule has 1 aromatic heterocycles. The van der Waals surface area contributed by atoms with Gasteiger partial charge in [0.1, 0.15) is 5.82 Å². The Kier molecular flexibility index (Phi) is 5.48. The number of non-ortho nitro benzene ring substituents is 1. The molecule has 162 valence electrons. The maximum atomic E-state index is 12.9. The number of aryl methyl sites for hydroxylation is 2. The normalized spacial score (nSPS) is 14.0. The van der Waals surface area contributed by atoms with Crippen LogP contribution in [0.2, 0.25) is 0 Å². The average Bonchev–Trinajstić information content (AvgIpc) is 2.98. The van der Waals surface area contributed by atoms with E-state index in [0.29, 0.717) is 16.8 Å². The first kappa shape index (κ1) is 21.0. The summed E-state index contributed by atoms with van der Waals surface area (Å²) >= 11 is 0. The van der Waals surface area contributed by atoms with Gasteiger partial charge in [-0.25, -0.2) is 8.42 Å². The molecule has 0 saturated heterocycles. The van der Waals surface area contributed by atoms with Crippen molar-refractivity contribution in [2.24, 2.45) is 0 Å². The van der Waals surface area contributed by atoms with Crippen LogP contribution in [-0.2, 0) is 23.0 Å². The molecule has 0 unspecified atom stereocenters. The molecule has 0 bridgehead atoms. The van der Waals surface area contributed by atoms with Crippen LogP contribution in [0.5, 0.6) is 0 Å². The summed E-state index contributed by atoms with van der Waals surface area (Å²) in [5.41, 5.74) is 1.97. The van der Waals surface area contributed by atoms with E-state index in [4.69, 9.17) is 0 Å². The highest BCUT2D eigenvalue weighted by Gasteiger charge is 2.23. The second-order valence-electron chi connectivity index (χ2n) is 7.73. The van der Waals surface area contributed by atoms with Gasteiger partial charge in [-0.2, -0.15) is 0 Å². The number of nitrogens with one attached hydrogen (secondary N) is 1. The summed E-state index contributed by atoms with van der Waals surface area (Å²) in [5.74, 6) is 1.75. The minimum Gasteiger partial charge on any atom is -0.311 e. The molecule has 10 heteroatoms. The Balaban J connectivity index is 1.61. The van der Waals surface area contributed by atoms with E-state index in [2.05, 4.69) is 19.5 Å². The fourth-order valence-corrected chi connectivity index (χ4v) is 5.19. The zero-order chi connectivity index (χ0) is 22.2. The molecule has 0 radical (unpaired) electrons. The van der Waals surface area contributed by atoms with E-state index in [1.165, 1.54) is 12.5 Å². The van der Waals surface area contributed by atoms with Gasteiger partial charge in [-0.05, 0) is 62.1 Å². The van der Waals surface area contributed by atoms with Crippen LogP contribution in [0.25, 0.3) is 11.4 Å². The number of hydrogen-bond acceptors (Lipinski definition) is 6. The maximum absolute atomic E-state index is 12.9. The van der Waals surface area contributed by atoms with Crippen LogP contribution in [0.15, 0.2) is 41.3 Å². The predicted octanol–water partition coefficient (Wildman–Crippen LogP) is 4.00. The standard InChI is InChI=1S/C21H23N5O4S/c1-14-12-18(26(27)28)13-19(15(14)2)31(29,30)24-17-9-7-16(8-10-17)21-23-22-20-6-4-3-5-11-25(20)21/h7-10,12-13,24H,3-6,11H2,1-2H3. The van der Waals surface area contributed by atoms with Crippen LogP contribution in [0.1, 0.15) is 36.2 Å². The molecule has 2 aromatic carbocycles. The Morgan fingerprint density at radius 1 is 1.06 bits per heavy atom. The number of benzene rings is 2. The van der Waals surface area contributed by atoms with Crippen molar-refractivity contribution in [1.29, 1.82) is 0 Å². The lowest BCUT2D eigenvalue weighted by Crippen LogP contribution is -2.15. The van der Waals surface area contributed by atoms with Crippen LogP contribution in [-0.4, -0.2) is 28.1 Å². The summed E-state index contributed by atoms with van der Waals surface area (Å²) in [5, 5.41) is 19.8. The van der Waals surface area contributed by atoms with Gasteiger partial charge in [0, 0.05) is 36.3 Å². The maximum Gasteiger partial charge on any atom is 0.271 e. The molecular formula is C21H23N5O4S. The number of hydrogen-bond donors (Lipinski definition) is 1. The van der Waals surface area contributed by atoms with Crippen LogP contribution in [0, 0.1) is 24.0 Å². The number of nitrogens with zero attached hydrogens (tertiary/aromatic N) is 4. The molecule has 1 N–H and O–H groups in total. The van der Waals surface area contributed by atoms with Gasteiger partial charge in [-0.3, -0.25) is 14.8 Å². The number of nitro groups is 1. The summed E-state index contributed by atoms with van der Waals surface area (Å²) in [7, 11) is -4.00. The third kappa shape index (κ3) is 4.15. The van der Waals surface area contributed by atoms with Crippen molar-refractivity contribution in [3.05, 3.63) is 63.5 Å². The number of sulfonamides is 1. The van der Waals surface area contributed by atoms with E-state index < -0.39 is 14.9 Å². The highest BCUT2D eigenvalue weighted by atomic mass is 32.2. The number of aromatic nitrogens is 3. The summed E-state index contributed by atoms with van der Waals surface area (Å²) in [6.45, 7) is 4.16. The molecule has 2 heterocycles. The van der Waals surface area contributed by atoms with Crippen molar-refractivity contribution >= 4 is 21.4 Å². The molecule has 9 nitrogen and oxygen atoms in total. The molecule has 0 saturated carbocycles. The smallest absolute Gasteiger partial charge is 0.271 e. The largest absolute Gasteiger partial charge is 0.311 e. The number of rotatable bonds is 5.